The summed E-state index contributed by atoms with van der Waals surface area (Å²) in [6.45, 7) is 2.44. The molecule has 14 heavy (non-hydrogen) atoms. The van der Waals surface area contributed by atoms with Gasteiger partial charge in [-0.3, -0.25) is 0 Å². The highest BCUT2D eigenvalue weighted by Gasteiger charge is 2.32. The summed E-state index contributed by atoms with van der Waals surface area (Å²) in [7, 11) is 7.24. The van der Waals surface area contributed by atoms with Gasteiger partial charge < -0.3 is 0 Å². The van der Waals surface area contributed by atoms with Crippen molar-refractivity contribution >= 4 is 33.1 Å². The zero-order valence-electron chi connectivity index (χ0n) is 8.53. The van der Waals surface area contributed by atoms with Crippen LogP contribution in [-0.2, 0) is 0 Å². The van der Waals surface area contributed by atoms with Gasteiger partial charge in [0.1, 0.15) is 0 Å². The summed E-state index contributed by atoms with van der Waals surface area (Å²) in [6, 6.07) is 0. The highest BCUT2D eigenvalue weighted by atomic mass is 32.6. The first-order chi connectivity index (χ1) is 6.74. The summed E-state index contributed by atoms with van der Waals surface area (Å²) >= 11 is 0. The predicted octanol–water partition coefficient (Wildman–Crippen LogP) is 4.70. The van der Waals surface area contributed by atoms with Crippen LogP contribution in [0.5, 0.6) is 0 Å². The van der Waals surface area contributed by atoms with Crippen molar-refractivity contribution in [3.8, 4) is 0 Å². The van der Waals surface area contributed by atoms with Gasteiger partial charge in [0, 0.05) is 5.66 Å². The molecule has 6 atom stereocenters. The van der Waals surface area contributed by atoms with Crippen LogP contribution in [0.15, 0.2) is 23.3 Å². The molecule has 2 rings (SSSR count). The van der Waals surface area contributed by atoms with Crippen molar-refractivity contribution < 1.29 is 0 Å². The standard InChI is InChI=1S/C10H18P4/c1-7-5-6-8-3-2-4-9(8)10(7)14(12)13-11/h2-3,7,10,13H,4-6,11-12H2,1H3/t7-,10-,14?/m0/s1. The van der Waals surface area contributed by atoms with Gasteiger partial charge in [0.25, 0.3) is 0 Å². The smallest absolute Gasteiger partial charge is 0.0108 e. The van der Waals surface area contributed by atoms with Crippen LogP contribution >= 0.6 is 33.1 Å². The second-order valence-corrected chi connectivity index (χ2v) is 13.6. The van der Waals surface area contributed by atoms with Crippen LogP contribution in [0, 0.1) is 5.92 Å². The molecule has 0 N–H and O–H groups in total. The predicted molar refractivity (Wildman–Crippen MR) is 77.6 cm³/mol. The molecule has 0 amide bonds. The molecule has 0 saturated heterocycles. The van der Waals surface area contributed by atoms with Gasteiger partial charge in [0.05, 0.1) is 0 Å². The number of hydrogen-bond donors (Lipinski definition) is 0. The first-order valence-electron chi connectivity index (χ1n) is 5.12. The molecule has 0 heterocycles. The van der Waals surface area contributed by atoms with Gasteiger partial charge in [-0.1, -0.05) is 39.9 Å². The van der Waals surface area contributed by atoms with E-state index in [4.69, 9.17) is 0 Å². The quantitative estimate of drug-likeness (QED) is 0.633. The first-order valence-corrected chi connectivity index (χ1v) is 11.8. The van der Waals surface area contributed by atoms with Crippen molar-refractivity contribution in [2.75, 3.05) is 0 Å². The van der Waals surface area contributed by atoms with Crippen LogP contribution in [-0.4, -0.2) is 5.66 Å². The Kier molecular flexibility index (Phi) is 4.19. The Labute approximate surface area is 94.4 Å². The van der Waals surface area contributed by atoms with Crippen LogP contribution in [0.2, 0.25) is 0 Å². The minimum atomic E-state index is 0.142. The molecular formula is C10H18P4. The third kappa shape index (κ3) is 2.15. The highest BCUT2D eigenvalue weighted by molar-refractivity contribution is 8.61. The lowest BCUT2D eigenvalue weighted by Crippen LogP contribution is -2.21. The Morgan fingerprint density at radius 2 is 2.36 bits per heavy atom. The molecule has 0 saturated carbocycles. The maximum atomic E-state index is 3.12. The Balaban J connectivity index is 2.23. The van der Waals surface area contributed by atoms with E-state index in [2.05, 4.69) is 36.9 Å². The molecule has 4 unspecified atom stereocenters. The minimum absolute atomic E-state index is 0.142. The Morgan fingerprint density at radius 1 is 1.57 bits per heavy atom. The zero-order valence-corrected chi connectivity index (χ0v) is 12.7. The maximum Gasteiger partial charge on any atom is 0.0108 e. The van der Waals surface area contributed by atoms with Crippen molar-refractivity contribution in [2.45, 2.75) is 31.8 Å². The van der Waals surface area contributed by atoms with Crippen LogP contribution in [0.4, 0.5) is 0 Å². The summed E-state index contributed by atoms with van der Waals surface area (Å²) in [5.41, 5.74) is 4.34. The third-order valence-corrected chi connectivity index (χ3v) is 14.4. The van der Waals surface area contributed by atoms with E-state index in [1.807, 2.05) is 0 Å². The second kappa shape index (κ2) is 5.02. The van der Waals surface area contributed by atoms with Crippen LogP contribution in [0.1, 0.15) is 26.2 Å². The molecule has 0 spiro atoms. The van der Waals surface area contributed by atoms with E-state index in [1.165, 1.54) is 19.3 Å². The van der Waals surface area contributed by atoms with E-state index in [-0.39, 0.29) is 7.30 Å². The monoisotopic (exact) mass is 262 g/mol. The normalized spacial score (nSPS) is 34.2. The molecular weight excluding hydrogens is 244 g/mol. The fourth-order valence-electron chi connectivity index (χ4n) is 2.53. The topological polar surface area (TPSA) is 0 Å². The van der Waals surface area contributed by atoms with E-state index in [0.717, 1.165) is 19.5 Å². The van der Waals surface area contributed by atoms with Gasteiger partial charge in [-0.2, -0.15) is 0 Å². The van der Waals surface area contributed by atoms with Crippen LogP contribution < -0.4 is 0 Å². The Bertz CT molecular complexity index is 282. The van der Waals surface area contributed by atoms with Crippen LogP contribution in [0.25, 0.3) is 0 Å². The molecule has 0 aromatic carbocycles. The van der Waals surface area contributed by atoms with Crippen LogP contribution in [0.3, 0.4) is 0 Å². The largest absolute Gasteiger partial charge is 0.110 e. The summed E-state index contributed by atoms with van der Waals surface area (Å²) in [4.78, 5) is 0. The summed E-state index contributed by atoms with van der Waals surface area (Å²) in [5.74, 6) is 0.908. The number of allylic oxidation sites excluding steroid dienone is 4. The summed E-state index contributed by atoms with van der Waals surface area (Å²) in [5, 5.41) is 0. The average molecular weight is 262 g/mol. The molecule has 0 radical (unpaired) electrons. The van der Waals surface area contributed by atoms with Gasteiger partial charge in [0.15, 0.2) is 0 Å². The van der Waals surface area contributed by atoms with Gasteiger partial charge in [-0.25, -0.2) is 0 Å². The molecule has 2 aliphatic rings. The van der Waals surface area contributed by atoms with E-state index in [9.17, 15) is 0 Å². The molecule has 0 aliphatic heterocycles. The molecule has 0 bridgehead atoms. The van der Waals surface area contributed by atoms with E-state index in [0.29, 0.717) is 0 Å². The fourth-order valence-corrected chi connectivity index (χ4v) is 8.57. The molecule has 0 nitrogen and oxygen atoms in total. The lowest BCUT2D eigenvalue weighted by molar-refractivity contribution is 0.510. The minimum Gasteiger partial charge on any atom is -0.110 e. The lowest BCUT2D eigenvalue weighted by atomic mass is 9.85. The van der Waals surface area contributed by atoms with Crippen molar-refractivity contribution in [3.63, 3.8) is 0 Å². The highest BCUT2D eigenvalue weighted by Crippen LogP contribution is 2.73. The third-order valence-electron chi connectivity index (χ3n) is 3.28. The van der Waals surface area contributed by atoms with Crippen molar-refractivity contribution in [1.82, 2.24) is 0 Å². The lowest BCUT2D eigenvalue weighted by Gasteiger charge is -2.35. The van der Waals surface area contributed by atoms with Gasteiger partial charge in [-0.05, 0) is 30.8 Å². The summed E-state index contributed by atoms with van der Waals surface area (Å²) < 4.78 is 0. The SMILES string of the molecule is C[C@H]1CCC2=C(CC=C2)[C@H]1P(P)PP. The van der Waals surface area contributed by atoms with Gasteiger partial charge in [0.2, 0.25) is 0 Å². The molecule has 0 aromatic heterocycles. The number of rotatable bonds is 2. The second-order valence-electron chi connectivity index (χ2n) is 4.15. The van der Waals surface area contributed by atoms with E-state index < -0.39 is 0 Å². The Morgan fingerprint density at radius 3 is 3.07 bits per heavy atom. The molecule has 0 fully saturated rings. The van der Waals surface area contributed by atoms with Gasteiger partial charge in [-0.15, -0.1) is 17.9 Å². The fraction of sp³-hybridized carbons (Fsp3) is 0.600. The van der Waals surface area contributed by atoms with E-state index in [1.54, 1.807) is 11.1 Å². The van der Waals surface area contributed by atoms with Crippen molar-refractivity contribution in [3.05, 3.63) is 23.3 Å². The number of hydrogen-bond acceptors (Lipinski definition) is 0. The van der Waals surface area contributed by atoms with E-state index >= 15 is 0 Å². The van der Waals surface area contributed by atoms with Crippen molar-refractivity contribution in [1.29, 1.82) is 0 Å². The zero-order chi connectivity index (χ0) is 10.1. The Hall–Kier alpha value is 1.20. The molecule has 78 valence electrons. The average Bonchev–Trinajstić information content (AvgIpc) is 2.64. The van der Waals surface area contributed by atoms with Crippen molar-refractivity contribution in [2.24, 2.45) is 5.92 Å². The maximum absolute atomic E-state index is 3.12. The molecule has 0 aromatic rings. The molecule has 2 aliphatic carbocycles. The molecule has 4 heteroatoms. The first kappa shape index (κ1) is 11.7. The van der Waals surface area contributed by atoms with Gasteiger partial charge >= 0.3 is 0 Å². The summed E-state index contributed by atoms with van der Waals surface area (Å²) in [6.07, 6.45) is 8.70.